The number of hydrogen-bond acceptors (Lipinski definition) is 4. The molecule has 0 saturated carbocycles. The van der Waals surface area contributed by atoms with E-state index >= 15 is 0 Å². The van der Waals surface area contributed by atoms with Crippen molar-refractivity contribution in [1.82, 2.24) is 10.6 Å². The van der Waals surface area contributed by atoms with Crippen molar-refractivity contribution in [2.75, 3.05) is 12.3 Å². The topological polar surface area (TPSA) is 92.3 Å². The Morgan fingerprint density at radius 2 is 1.95 bits per heavy atom. The van der Waals surface area contributed by atoms with Crippen LogP contribution in [0, 0.1) is 6.92 Å². The van der Waals surface area contributed by atoms with E-state index in [1.54, 1.807) is 12.1 Å². The molecule has 1 atom stereocenters. The molecule has 1 aromatic carbocycles. The molecule has 0 spiro atoms. The number of nitrogens with one attached hydrogen (secondary N) is 2. The summed E-state index contributed by atoms with van der Waals surface area (Å²) in [5, 5.41) is 5.21. The van der Waals surface area contributed by atoms with Crippen molar-refractivity contribution in [3.63, 3.8) is 0 Å². The number of rotatable bonds is 4. The zero-order valence-electron chi connectivity index (χ0n) is 12.5. The van der Waals surface area contributed by atoms with Gasteiger partial charge in [0.05, 0.1) is 4.90 Å². The molecule has 1 heterocycles. The van der Waals surface area contributed by atoms with E-state index in [1.807, 2.05) is 6.92 Å². The van der Waals surface area contributed by atoms with Gasteiger partial charge in [-0.15, -0.1) is 0 Å². The number of hydrogen-bond donors (Lipinski definition) is 2. The van der Waals surface area contributed by atoms with E-state index in [1.165, 1.54) is 12.1 Å². The molecule has 1 aliphatic heterocycles. The van der Waals surface area contributed by atoms with Crippen LogP contribution in [-0.4, -0.2) is 38.6 Å². The van der Waals surface area contributed by atoms with E-state index in [4.69, 9.17) is 0 Å². The van der Waals surface area contributed by atoms with Gasteiger partial charge in [0.15, 0.2) is 9.84 Å². The minimum atomic E-state index is -3.70. The van der Waals surface area contributed by atoms with E-state index in [0.717, 1.165) is 18.4 Å². The molecule has 6 nitrogen and oxygen atoms in total. The monoisotopic (exact) mass is 324 g/mol. The van der Waals surface area contributed by atoms with E-state index < -0.39 is 27.5 Å². The van der Waals surface area contributed by atoms with Crippen molar-refractivity contribution in [2.24, 2.45) is 0 Å². The quantitative estimate of drug-likeness (QED) is 0.846. The van der Waals surface area contributed by atoms with E-state index in [2.05, 4.69) is 10.6 Å². The van der Waals surface area contributed by atoms with Crippen LogP contribution in [0.4, 0.5) is 0 Å². The Balaban J connectivity index is 2.01. The van der Waals surface area contributed by atoms with Crippen LogP contribution in [-0.2, 0) is 19.4 Å². The molecule has 2 N–H and O–H groups in total. The van der Waals surface area contributed by atoms with Crippen LogP contribution in [0.1, 0.15) is 24.8 Å². The summed E-state index contributed by atoms with van der Waals surface area (Å²) in [6, 6.07) is 5.68. The van der Waals surface area contributed by atoms with Gasteiger partial charge in [0.2, 0.25) is 11.8 Å². The SMILES string of the molecule is Cc1ccc(S(=O)(=O)CC(=O)NC2CCCCNC2=O)cc1. The van der Waals surface area contributed by atoms with Crippen LogP contribution in [0.25, 0.3) is 0 Å². The average molecular weight is 324 g/mol. The Labute approximate surface area is 130 Å². The maximum absolute atomic E-state index is 12.2. The van der Waals surface area contributed by atoms with E-state index in [0.29, 0.717) is 13.0 Å². The Hall–Kier alpha value is -1.89. The molecule has 22 heavy (non-hydrogen) atoms. The maximum Gasteiger partial charge on any atom is 0.242 e. The fraction of sp³-hybridized carbons (Fsp3) is 0.467. The first-order valence-corrected chi connectivity index (χ1v) is 8.90. The van der Waals surface area contributed by atoms with Crippen LogP contribution < -0.4 is 10.6 Å². The molecule has 0 bridgehead atoms. The number of benzene rings is 1. The molecule has 0 aromatic heterocycles. The molecule has 120 valence electrons. The van der Waals surface area contributed by atoms with Crippen molar-refractivity contribution in [3.05, 3.63) is 29.8 Å². The Bertz CT molecular complexity index is 653. The van der Waals surface area contributed by atoms with Gasteiger partial charge in [-0.2, -0.15) is 0 Å². The summed E-state index contributed by atoms with van der Waals surface area (Å²) in [5.74, 6) is -1.55. The normalized spacial score (nSPS) is 19.1. The van der Waals surface area contributed by atoms with Gasteiger partial charge < -0.3 is 10.6 Å². The molecule has 1 fully saturated rings. The molecule has 7 heteroatoms. The number of amides is 2. The zero-order valence-corrected chi connectivity index (χ0v) is 13.3. The Morgan fingerprint density at radius 1 is 1.27 bits per heavy atom. The van der Waals surface area contributed by atoms with Gasteiger partial charge in [-0.3, -0.25) is 9.59 Å². The zero-order chi connectivity index (χ0) is 16.2. The summed E-state index contributed by atoms with van der Waals surface area (Å²) in [5.41, 5.74) is 0.943. The van der Waals surface area contributed by atoms with Crippen molar-refractivity contribution >= 4 is 21.7 Å². The molecule has 1 unspecified atom stereocenters. The van der Waals surface area contributed by atoms with Gasteiger partial charge in [0, 0.05) is 6.54 Å². The van der Waals surface area contributed by atoms with Gasteiger partial charge in [0.1, 0.15) is 11.8 Å². The molecular weight excluding hydrogens is 304 g/mol. The lowest BCUT2D eigenvalue weighted by Crippen LogP contribution is -2.47. The first-order valence-electron chi connectivity index (χ1n) is 7.25. The summed E-state index contributed by atoms with van der Waals surface area (Å²) < 4.78 is 24.4. The van der Waals surface area contributed by atoms with Crippen LogP contribution in [0.15, 0.2) is 29.2 Å². The smallest absolute Gasteiger partial charge is 0.242 e. The second-order valence-electron chi connectivity index (χ2n) is 5.48. The van der Waals surface area contributed by atoms with Gasteiger partial charge in [-0.1, -0.05) is 17.7 Å². The largest absolute Gasteiger partial charge is 0.354 e. The molecule has 1 aromatic rings. The number of aryl methyl sites for hydroxylation is 1. The fourth-order valence-corrected chi connectivity index (χ4v) is 3.46. The summed E-state index contributed by atoms with van der Waals surface area (Å²) in [7, 11) is -3.70. The van der Waals surface area contributed by atoms with Crippen LogP contribution in [0.5, 0.6) is 0 Å². The van der Waals surface area contributed by atoms with Gasteiger partial charge in [-0.05, 0) is 38.3 Å². The molecule has 0 radical (unpaired) electrons. The lowest BCUT2D eigenvalue weighted by atomic mass is 10.1. The number of carbonyl (C=O) groups excluding carboxylic acids is 2. The fourth-order valence-electron chi connectivity index (χ4n) is 2.31. The summed E-state index contributed by atoms with van der Waals surface area (Å²) in [6.45, 7) is 2.45. The highest BCUT2D eigenvalue weighted by atomic mass is 32.2. The lowest BCUT2D eigenvalue weighted by molar-refractivity contribution is -0.127. The van der Waals surface area contributed by atoms with E-state index in [9.17, 15) is 18.0 Å². The standard InChI is InChI=1S/C15H20N2O4S/c1-11-5-7-12(8-6-11)22(20,21)10-14(18)17-13-4-2-3-9-16-15(13)19/h5-8,13H,2-4,9-10H2,1H3,(H,16,19)(H,17,18). The van der Waals surface area contributed by atoms with Gasteiger partial charge in [-0.25, -0.2) is 8.42 Å². The third kappa shape index (κ3) is 4.30. The van der Waals surface area contributed by atoms with Gasteiger partial charge in [0.25, 0.3) is 0 Å². The van der Waals surface area contributed by atoms with Crippen molar-refractivity contribution in [1.29, 1.82) is 0 Å². The minimum Gasteiger partial charge on any atom is -0.354 e. The molecule has 1 saturated heterocycles. The molecule has 2 rings (SSSR count). The predicted molar refractivity (Wildman–Crippen MR) is 82.0 cm³/mol. The Kier molecular flexibility index (Phi) is 5.18. The third-order valence-electron chi connectivity index (χ3n) is 3.57. The van der Waals surface area contributed by atoms with Crippen molar-refractivity contribution in [3.8, 4) is 0 Å². The van der Waals surface area contributed by atoms with Crippen molar-refractivity contribution < 1.29 is 18.0 Å². The highest BCUT2D eigenvalue weighted by molar-refractivity contribution is 7.92. The average Bonchev–Trinajstić information content (AvgIpc) is 2.64. The number of sulfone groups is 1. The van der Waals surface area contributed by atoms with Crippen LogP contribution in [0.2, 0.25) is 0 Å². The first-order chi connectivity index (χ1) is 10.4. The minimum absolute atomic E-state index is 0.110. The Morgan fingerprint density at radius 3 is 2.64 bits per heavy atom. The van der Waals surface area contributed by atoms with Crippen LogP contribution >= 0.6 is 0 Å². The second kappa shape index (κ2) is 6.91. The summed E-state index contributed by atoms with van der Waals surface area (Å²) >= 11 is 0. The molecule has 2 amide bonds. The predicted octanol–water partition coefficient (Wildman–Crippen LogP) is 0.554. The highest BCUT2D eigenvalue weighted by Gasteiger charge is 2.25. The van der Waals surface area contributed by atoms with Crippen molar-refractivity contribution in [2.45, 2.75) is 37.1 Å². The van der Waals surface area contributed by atoms with Crippen LogP contribution in [0.3, 0.4) is 0 Å². The van der Waals surface area contributed by atoms with E-state index in [-0.39, 0.29) is 10.8 Å². The molecular formula is C15H20N2O4S. The first kappa shape index (κ1) is 16.5. The molecule has 1 aliphatic rings. The summed E-state index contributed by atoms with van der Waals surface area (Å²) in [4.78, 5) is 23.8. The highest BCUT2D eigenvalue weighted by Crippen LogP contribution is 2.12. The second-order valence-corrected chi connectivity index (χ2v) is 7.47. The summed E-state index contributed by atoms with van der Waals surface area (Å²) in [6.07, 6.45) is 2.20. The van der Waals surface area contributed by atoms with Gasteiger partial charge >= 0.3 is 0 Å². The third-order valence-corrected chi connectivity index (χ3v) is 5.20. The molecule has 0 aliphatic carbocycles. The maximum atomic E-state index is 12.2. The number of carbonyl (C=O) groups is 2. The lowest BCUT2D eigenvalue weighted by Gasteiger charge is -2.15.